The lowest BCUT2D eigenvalue weighted by Gasteiger charge is -2.23. The number of aliphatic imine (C=N–C) groups is 1. The molecule has 1 heterocycles. The number of methoxy groups -OCH3 is 1. The maximum atomic E-state index is 13.5. The lowest BCUT2D eigenvalue weighted by molar-refractivity contribution is 0.0927. The van der Waals surface area contributed by atoms with Crippen LogP contribution in [0, 0.1) is 0 Å². The Bertz CT molecular complexity index is 1530. The number of thiophene rings is 1. The lowest BCUT2D eigenvalue weighted by atomic mass is 9.93. The summed E-state index contributed by atoms with van der Waals surface area (Å²) in [4.78, 5) is 19.7. The second kappa shape index (κ2) is 12.3. The third kappa shape index (κ3) is 5.78. The van der Waals surface area contributed by atoms with Crippen molar-refractivity contribution < 1.29 is 14.3 Å². The molecule has 0 bridgehead atoms. The van der Waals surface area contributed by atoms with Crippen LogP contribution in [0.25, 0.3) is 10.8 Å². The van der Waals surface area contributed by atoms with Gasteiger partial charge in [0.05, 0.1) is 12.7 Å². The Labute approximate surface area is 240 Å². The maximum absolute atomic E-state index is 13.5. The number of benzene rings is 3. The summed E-state index contributed by atoms with van der Waals surface area (Å²) in [6, 6.07) is 20.7. The number of nitrogens with zero attached hydrogens (tertiary/aromatic N) is 1. The summed E-state index contributed by atoms with van der Waals surface area (Å²) in [6.45, 7) is 0.450. The van der Waals surface area contributed by atoms with Crippen molar-refractivity contribution in [1.29, 1.82) is 0 Å². The van der Waals surface area contributed by atoms with Gasteiger partial charge in [-0.1, -0.05) is 61.7 Å². The molecule has 40 heavy (non-hydrogen) atoms. The minimum Gasteiger partial charge on any atom is -0.493 e. The highest BCUT2D eigenvalue weighted by atomic mass is 32.1. The minimum absolute atomic E-state index is 0.0493. The van der Waals surface area contributed by atoms with Crippen molar-refractivity contribution in [2.45, 2.75) is 70.4 Å². The molecular formula is C34H36N2O3S. The van der Waals surface area contributed by atoms with E-state index < -0.39 is 0 Å². The van der Waals surface area contributed by atoms with Crippen LogP contribution in [-0.2, 0) is 19.4 Å². The number of carbonyl (C=O) groups is 1. The summed E-state index contributed by atoms with van der Waals surface area (Å²) in [7, 11) is 1.65. The fourth-order valence-electron chi connectivity index (χ4n) is 5.97. The molecule has 1 fully saturated rings. The van der Waals surface area contributed by atoms with E-state index >= 15 is 0 Å². The van der Waals surface area contributed by atoms with Crippen LogP contribution in [0.4, 0.5) is 5.00 Å². The zero-order chi connectivity index (χ0) is 27.3. The van der Waals surface area contributed by atoms with Gasteiger partial charge in [-0.05, 0) is 84.2 Å². The third-order valence-corrected chi connectivity index (χ3v) is 9.30. The Morgan fingerprint density at radius 1 is 0.975 bits per heavy atom. The highest BCUT2D eigenvalue weighted by Gasteiger charge is 2.27. The van der Waals surface area contributed by atoms with Crippen molar-refractivity contribution >= 4 is 39.2 Å². The Hall–Kier alpha value is -3.64. The summed E-state index contributed by atoms with van der Waals surface area (Å²) in [5.41, 5.74) is 4.04. The van der Waals surface area contributed by atoms with E-state index in [1.165, 1.54) is 46.9 Å². The van der Waals surface area contributed by atoms with Crippen molar-refractivity contribution in [2.24, 2.45) is 4.99 Å². The minimum atomic E-state index is 0.0493. The standard InChI is InChI=1S/C34H36N2O3S/c1-38-30-20-23(18-19-29(30)39-22-25-12-9-11-24-10-5-6-15-27(24)25)21-35-34-32(28-16-7-8-17-31(28)40-34)33(37)36-26-13-3-2-4-14-26/h5-6,9-12,15,18-21,26H,2-4,7-8,13-14,16-17,22H2,1H3,(H,36,37)/b35-21-. The summed E-state index contributed by atoms with van der Waals surface area (Å²) in [5.74, 6) is 1.39. The number of nitrogens with one attached hydrogen (secondary N) is 1. The predicted octanol–water partition coefficient (Wildman–Crippen LogP) is 8.18. The molecule has 2 aliphatic carbocycles. The van der Waals surface area contributed by atoms with Gasteiger partial charge in [-0.25, -0.2) is 4.99 Å². The number of aryl methyl sites for hydroxylation is 1. The van der Waals surface area contributed by atoms with Gasteiger partial charge >= 0.3 is 0 Å². The van der Waals surface area contributed by atoms with E-state index in [9.17, 15) is 4.79 Å². The molecule has 0 unspecified atom stereocenters. The fraction of sp³-hybridized carbons (Fsp3) is 0.353. The molecule has 1 amide bonds. The molecule has 2 aliphatic rings. The van der Waals surface area contributed by atoms with E-state index in [4.69, 9.17) is 14.5 Å². The van der Waals surface area contributed by atoms with Gasteiger partial charge in [0.15, 0.2) is 11.5 Å². The normalized spacial score (nSPS) is 15.7. The van der Waals surface area contributed by atoms with E-state index in [0.717, 1.165) is 53.8 Å². The van der Waals surface area contributed by atoms with Gasteiger partial charge in [-0.3, -0.25) is 4.79 Å². The summed E-state index contributed by atoms with van der Waals surface area (Å²) < 4.78 is 11.9. The SMILES string of the molecule is COc1cc(/C=N\c2sc3c(c2C(=O)NC2CCCCC2)CCCC3)ccc1OCc1cccc2ccccc12. The van der Waals surface area contributed by atoms with Gasteiger partial charge in [0.25, 0.3) is 5.91 Å². The average Bonchev–Trinajstić information content (AvgIpc) is 3.38. The van der Waals surface area contributed by atoms with Gasteiger partial charge in [0.2, 0.25) is 0 Å². The molecule has 5 nitrogen and oxygen atoms in total. The molecule has 1 N–H and O–H groups in total. The summed E-state index contributed by atoms with van der Waals surface area (Å²) in [5, 5.41) is 6.53. The summed E-state index contributed by atoms with van der Waals surface area (Å²) >= 11 is 1.68. The number of fused-ring (bicyclic) bond motifs is 2. The third-order valence-electron chi connectivity index (χ3n) is 8.10. The fourth-order valence-corrected chi connectivity index (χ4v) is 7.20. The molecule has 0 aliphatic heterocycles. The first kappa shape index (κ1) is 26.6. The highest BCUT2D eigenvalue weighted by molar-refractivity contribution is 7.16. The van der Waals surface area contributed by atoms with E-state index in [0.29, 0.717) is 18.1 Å². The number of rotatable bonds is 8. The first-order chi connectivity index (χ1) is 19.7. The molecule has 4 aromatic rings. The molecule has 0 saturated heterocycles. The zero-order valence-electron chi connectivity index (χ0n) is 23.1. The van der Waals surface area contributed by atoms with Crippen molar-refractivity contribution in [1.82, 2.24) is 5.32 Å². The van der Waals surface area contributed by atoms with Crippen molar-refractivity contribution in [2.75, 3.05) is 7.11 Å². The van der Waals surface area contributed by atoms with E-state index in [-0.39, 0.29) is 11.9 Å². The van der Waals surface area contributed by atoms with Gasteiger partial charge in [-0.2, -0.15) is 0 Å². The second-order valence-electron chi connectivity index (χ2n) is 10.8. The zero-order valence-corrected chi connectivity index (χ0v) is 23.9. The van der Waals surface area contributed by atoms with Crippen LogP contribution < -0.4 is 14.8 Å². The number of ether oxygens (including phenoxy) is 2. The summed E-state index contributed by atoms with van der Waals surface area (Å²) in [6.07, 6.45) is 12.0. The molecule has 6 rings (SSSR count). The van der Waals surface area contributed by atoms with Crippen LogP contribution in [0.3, 0.4) is 0 Å². The number of hydrogen-bond donors (Lipinski definition) is 1. The maximum Gasteiger partial charge on any atom is 0.254 e. The molecule has 1 saturated carbocycles. The van der Waals surface area contributed by atoms with Crippen LogP contribution >= 0.6 is 11.3 Å². The van der Waals surface area contributed by atoms with E-state index in [1.54, 1.807) is 18.4 Å². The van der Waals surface area contributed by atoms with Crippen LogP contribution in [-0.4, -0.2) is 25.3 Å². The lowest BCUT2D eigenvalue weighted by Crippen LogP contribution is -2.36. The Balaban J connectivity index is 1.21. The van der Waals surface area contributed by atoms with Crippen molar-refractivity contribution in [3.63, 3.8) is 0 Å². The number of amides is 1. The van der Waals surface area contributed by atoms with E-state index in [2.05, 4.69) is 41.7 Å². The monoisotopic (exact) mass is 552 g/mol. The van der Waals surface area contributed by atoms with Crippen LogP contribution in [0.5, 0.6) is 11.5 Å². The molecule has 0 spiro atoms. The van der Waals surface area contributed by atoms with Gasteiger partial charge in [-0.15, -0.1) is 11.3 Å². The Kier molecular flexibility index (Phi) is 8.14. The largest absolute Gasteiger partial charge is 0.493 e. The molecular weight excluding hydrogens is 516 g/mol. The molecule has 1 aromatic heterocycles. The topological polar surface area (TPSA) is 59.9 Å². The van der Waals surface area contributed by atoms with Gasteiger partial charge in [0.1, 0.15) is 11.6 Å². The predicted molar refractivity (Wildman–Crippen MR) is 164 cm³/mol. The quantitative estimate of drug-likeness (QED) is 0.224. The molecule has 206 valence electrons. The van der Waals surface area contributed by atoms with Crippen LogP contribution in [0.1, 0.15) is 76.9 Å². The number of hydrogen-bond acceptors (Lipinski definition) is 5. The number of carbonyl (C=O) groups excluding carboxylic acids is 1. The molecule has 0 atom stereocenters. The van der Waals surface area contributed by atoms with Crippen molar-refractivity contribution in [3.8, 4) is 11.5 Å². The first-order valence-corrected chi connectivity index (χ1v) is 15.3. The van der Waals surface area contributed by atoms with E-state index in [1.807, 2.05) is 30.5 Å². The van der Waals surface area contributed by atoms with Crippen LogP contribution in [0.15, 0.2) is 65.7 Å². The van der Waals surface area contributed by atoms with Crippen molar-refractivity contribution in [3.05, 3.63) is 87.8 Å². The van der Waals surface area contributed by atoms with Crippen LogP contribution in [0.2, 0.25) is 0 Å². The molecule has 6 heteroatoms. The molecule has 3 aromatic carbocycles. The Morgan fingerprint density at radius 3 is 2.67 bits per heavy atom. The first-order valence-electron chi connectivity index (χ1n) is 14.5. The molecule has 0 radical (unpaired) electrons. The Morgan fingerprint density at radius 2 is 1.80 bits per heavy atom. The second-order valence-corrected chi connectivity index (χ2v) is 11.9. The smallest absolute Gasteiger partial charge is 0.254 e. The highest BCUT2D eigenvalue weighted by Crippen LogP contribution is 2.40. The van der Waals surface area contributed by atoms with Gasteiger partial charge < -0.3 is 14.8 Å². The average molecular weight is 553 g/mol. The van der Waals surface area contributed by atoms with Gasteiger partial charge in [0, 0.05) is 17.1 Å².